The summed E-state index contributed by atoms with van der Waals surface area (Å²) in [5.74, 6) is -0.206. The lowest BCUT2D eigenvalue weighted by molar-refractivity contribution is -0.384. The van der Waals surface area contributed by atoms with Crippen LogP contribution in [-0.4, -0.2) is 87.8 Å². The number of carbonyl (C=O) groups is 2. The molecule has 0 aliphatic carbocycles. The van der Waals surface area contributed by atoms with Gasteiger partial charge in [0.15, 0.2) is 0 Å². The third-order valence-corrected chi connectivity index (χ3v) is 7.74. The molecule has 2 aliphatic heterocycles. The van der Waals surface area contributed by atoms with E-state index in [1.54, 1.807) is 41.6 Å². The van der Waals surface area contributed by atoms with E-state index in [9.17, 15) is 19.7 Å². The largest absolute Gasteiger partial charge is 0.338 e. The van der Waals surface area contributed by atoms with E-state index in [0.717, 1.165) is 31.6 Å². The van der Waals surface area contributed by atoms with E-state index in [0.29, 0.717) is 38.2 Å². The molecule has 2 aromatic carbocycles. The fraction of sp³-hybridized carbons (Fsp3) is 0.367. The summed E-state index contributed by atoms with van der Waals surface area (Å²) in [7, 11) is 0. The van der Waals surface area contributed by atoms with Gasteiger partial charge in [0.05, 0.1) is 10.5 Å². The molecule has 3 heterocycles. The fourth-order valence-corrected chi connectivity index (χ4v) is 5.55. The van der Waals surface area contributed by atoms with Gasteiger partial charge in [-0.3, -0.25) is 29.6 Å². The fourth-order valence-electron chi connectivity index (χ4n) is 5.55. The number of likely N-dealkylation sites (tertiary alicyclic amines) is 1. The standard InChI is InChI=1S/C30H34N6O4/c37-29(25-7-4-13-32-20-25)35-22-27(19-28(35)30(38)33-17-14-31-15-18-33)34(16-12-23-5-2-1-3-6-23)21-24-8-10-26(11-9-24)36(39)40/h1-11,13,20,27-28,31H,12,14-19,21-22H2. The monoisotopic (exact) mass is 542 g/mol. The molecule has 2 aliphatic rings. The Hall–Kier alpha value is -4.15. The molecule has 2 saturated heterocycles. The quantitative estimate of drug-likeness (QED) is 0.327. The van der Waals surface area contributed by atoms with E-state index in [-0.39, 0.29) is 23.5 Å². The molecule has 40 heavy (non-hydrogen) atoms. The number of hydrogen-bond donors (Lipinski definition) is 1. The molecule has 0 spiro atoms. The third kappa shape index (κ3) is 6.52. The molecule has 1 N–H and O–H groups in total. The van der Waals surface area contributed by atoms with Crippen molar-refractivity contribution in [1.82, 2.24) is 25.0 Å². The number of aromatic nitrogens is 1. The summed E-state index contributed by atoms with van der Waals surface area (Å²) < 4.78 is 0. The first-order chi connectivity index (χ1) is 19.5. The molecule has 1 aromatic heterocycles. The first-order valence-corrected chi connectivity index (χ1v) is 13.7. The minimum Gasteiger partial charge on any atom is -0.338 e. The number of non-ortho nitro benzene ring substituents is 1. The van der Waals surface area contributed by atoms with E-state index in [4.69, 9.17) is 0 Å². The zero-order valence-electron chi connectivity index (χ0n) is 22.4. The number of amides is 2. The average Bonchev–Trinajstić information content (AvgIpc) is 3.45. The molecular weight excluding hydrogens is 508 g/mol. The highest BCUT2D eigenvalue weighted by Gasteiger charge is 2.43. The minimum absolute atomic E-state index is 0.0143. The number of pyridine rings is 1. The summed E-state index contributed by atoms with van der Waals surface area (Å²) in [6, 6.07) is 19.7. The Bertz CT molecular complexity index is 1300. The number of nitrogens with one attached hydrogen (secondary N) is 1. The van der Waals surface area contributed by atoms with Gasteiger partial charge in [-0.25, -0.2) is 0 Å². The molecule has 10 nitrogen and oxygen atoms in total. The molecule has 2 fully saturated rings. The predicted octanol–water partition coefficient (Wildman–Crippen LogP) is 2.75. The molecule has 10 heteroatoms. The molecule has 2 unspecified atom stereocenters. The third-order valence-electron chi connectivity index (χ3n) is 7.74. The van der Waals surface area contributed by atoms with Crippen LogP contribution in [0.25, 0.3) is 0 Å². The van der Waals surface area contributed by atoms with Crippen LogP contribution in [0.4, 0.5) is 5.69 Å². The van der Waals surface area contributed by atoms with Crippen LogP contribution in [0, 0.1) is 10.1 Å². The summed E-state index contributed by atoms with van der Waals surface area (Å²) in [5.41, 5.74) is 2.66. The zero-order chi connectivity index (χ0) is 27.9. The zero-order valence-corrected chi connectivity index (χ0v) is 22.4. The Morgan fingerprint density at radius 2 is 1.75 bits per heavy atom. The number of nitrogens with zero attached hydrogens (tertiary/aromatic N) is 5. The molecule has 0 radical (unpaired) electrons. The van der Waals surface area contributed by atoms with Crippen LogP contribution in [0.1, 0.15) is 27.9 Å². The van der Waals surface area contributed by atoms with Crippen molar-refractivity contribution < 1.29 is 14.5 Å². The summed E-state index contributed by atoms with van der Waals surface area (Å²) in [5, 5.41) is 14.4. The summed E-state index contributed by atoms with van der Waals surface area (Å²) in [4.78, 5) is 48.2. The van der Waals surface area contributed by atoms with Gasteiger partial charge in [-0.15, -0.1) is 0 Å². The van der Waals surface area contributed by atoms with Crippen molar-refractivity contribution in [3.05, 3.63) is 106 Å². The van der Waals surface area contributed by atoms with Gasteiger partial charge >= 0.3 is 0 Å². The van der Waals surface area contributed by atoms with Gasteiger partial charge in [-0.1, -0.05) is 42.5 Å². The van der Waals surface area contributed by atoms with Crippen molar-refractivity contribution in [1.29, 1.82) is 0 Å². The Kier molecular flexibility index (Phi) is 8.78. The normalized spacial score (nSPS) is 19.1. The second-order valence-electron chi connectivity index (χ2n) is 10.3. The first-order valence-electron chi connectivity index (χ1n) is 13.7. The van der Waals surface area contributed by atoms with Crippen LogP contribution in [0.3, 0.4) is 0 Å². The maximum absolute atomic E-state index is 13.8. The van der Waals surface area contributed by atoms with Gasteiger partial charge in [-0.05, 0) is 36.1 Å². The van der Waals surface area contributed by atoms with Crippen molar-refractivity contribution >= 4 is 17.5 Å². The highest BCUT2D eigenvalue weighted by Crippen LogP contribution is 2.28. The lowest BCUT2D eigenvalue weighted by Gasteiger charge is -2.32. The molecule has 2 atom stereocenters. The highest BCUT2D eigenvalue weighted by atomic mass is 16.6. The van der Waals surface area contributed by atoms with Gasteiger partial charge in [0.2, 0.25) is 5.91 Å². The second-order valence-corrected chi connectivity index (χ2v) is 10.3. The number of hydrogen-bond acceptors (Lipinski definition) is 7. The minimum atomic E-state index is -0.563. The summed E-state index contributed by atoms with van der Waals surface area (Å²) >= 11 is 0. The Morgan fingerprint density at radius 1 is 1.00 bits per heavy atom. The number of nitro groups is 1. The van der Waals surface area contributed by atoms with Crippen molar-refractivity contribution in [2.24, 2.45) is 0 Å². The van der Waals surface area contributed by atoms with Gasteiger partial charge in [-0.2, -0.15) is 0 Å². The maximum Gasteiger partial charge on any atom is 0.269 e. The van der Waals surface area contributed by atoms with Crippen LogP contribution in [-0.2, 0) is 17.8 Å². The van der Waals surface area contributed by atoms with Gasteiger partial charge in [0, 0.05) is 76.4 Å². The Labute approximate surface area is 233 Å². The summed E-state index contributed by atoms with van der Waals surface area (Å²) in [6.45, 7) is 4.40. The lowest BCUT2D eigenvalue weighted by Crippen LogP contribution is -2.53. The lowest BCUT2D eigenvalue weighted by atomic mass is 10.1. The van der Waals surface area contributed by atoms with Gasteiger partial charge in [0.25, 0.3) is 11.6 Å². The Balaban J connectivity index is 1.41. The Morgan fingerprint density at radius 3 is 2.42 bits per heavy atom. The van der Waals surface area contributed by atoms with Crippen molar-refractivity contribution in [2.75, 3.05) is 39.3 Å². The highest BCUT2D eigenvalue weighted by molar-refractivity contribution is 5.97. The molecule has 0 bridgehead atoms. The maximum atomic E-state index is 13.8. The molecule has 208 valence electrons. The van der Waals surface area contributed by atoms with Crippen LogP contribution >= 0.6 is 0 Å². The van der Waals surface area contributed by atoms with E-state index in [1.807, 2.05) is 23.1 Å². The molecule has 5 rings (SSSR count). The number of carbonyl (C=O) groups excluding carboxylic acids is 2. The second kappa shape index (κ2) is 12.8. The van der Waals surface area contributed by atoms with Gasteiger partial charge < -0.3 is 15.1 Å². The predicted molar refractivity (Wildman–Crippen MR) is 151 cm³/mol. The van der Waals surface area contributed by atoms with E-state index < -0.39 is 11.0 Å². The first kappa shape index (κ1) is 27.4. The summed E-state index contributed by atoms with van der Waals surface area (Å²) in [6.07, 6.45) is 4.50. The van der Waals surface area contributed by atoms with E-state index in [2.05, 4.69) is 27.3 Å². The average molecular weight is 543 g/mol. The molecule has 0 saturated carbocycles. The SMILES string of the molecule is O=C(C1CC(N(CCc2ccccc2)Cc2ccc([N+](=O)[O-])cc2)CN1C(=O)c1cccnc1)N1CCNCC1. The van der Waals surface area contributed by atoms with Crippen LogP contribution < -0.4 is 5.32 Å². The van der Waals surface area contributed by atoms with Gasteiger partial charge in [0.1, 0.15) is 6.04 Å². The van der Waals surface area contributed by atoms with E-state index >= 15 is 0 Å². The van der Waals surface area contributed by atoms with Crippen LogP contribution in [0.15, 0.2) is 79.1 Å². The van der Waals surface area contributed by atoms with Crippen molar-refractivity contribution in [3.8, 4) is 0 Å². The smallest absolute Gasteiger partial charge is 0.269 e. The topological polar surface area (TPSA) is 112 Å². The molecule has 2 amide bonds. The van der Waals surface area contributed by atoms with E-state index in [1.165, 1.54) is 17.7 Å². The van der Waals surface area contributed by atoms with Crippen molar-refractivity contribution in [3.63, 3.8) is 0 Å². The molecule has 3 aromatic rings. The number of nitro benzene ring substituents is 1. The number of piperazine rings is 1. The number of benzene rings is 2. The van der Waals surface area contributed by atoms with Crippen molar-refractivity contribution in [2.45, 2.75) is 31.5 Å². The van der Waals surface area contributed by atoms with Crippen LogP contribution in [0.2, 0.25) is 0 Å². The van der Waals surface area contributed by atoms with Crippen LogP contribution in [0.5, 0.6) is 0 Å². The molecular formula is C30H34N6O4. The number of rotatable bonds is 9.